The van der Waals surface area contributed by atoms with E-state index in [2.05, 4.69) is 5.32 Å². The highest BCUT2D eigenvalue weighted by Gasteiger charge is 1.96. The maximum Gasteiger partial charge on any atom is 0.221 e. The lowest BCUT2D eigenvalue weighted by atomic mass is 9.91. The van der Waals surface area contributed by atoms with E-state index in [0.717, 1.165) is 16.7 Å². The van der Waals surface area contributed by atoms with Gasteiger partial charge in [-0.15, -0.1) is 0 Å². The van der Waals surface area contributed by atoms with Crippen LogP contribution in [-0.2, 0) is 4.79 Å². The summed E-state index contributed by atoms with van der Waals surface area (Å²) in [5.74, 6) is -0.0702. The van der Waals surface area contributed by atoms with E-state index in [1.54, 1.807) is 12.1 Å². The van der Waals surface area contributed by atoms with Gasteiger partial charge in [-0.2, -0.15) is 0 Å². The Bertz CT molecular complexity index is 309. The second-order valence-corrected chi connectivity index (χ2v) is 2.75. The van der Waals surface area contributed by atoms with Crippen molar-refractivity contribution in [1.29, 1.82) is 0 Å². The topological polar surface area (TPSA) is 29.1 Å². The number of anilines is 1. The van der Waals surface area contributed by atoms with Crippen LogP contribution in [0.4, 0.5) is 5.69 Å². The first-order valence-corrected chi connectivity index (χ1v) is 3.73. The van der Waals surface area contributed by atoms with E-state index < -0.39 is 0 Å². The first-order chi connectivity index (χ1) is 5.59. The number of amides is 1. The average Bonchev–Trinajstić information content (AvgIpc) is 1.96. The summed E-state index contributed by atoms with van der Waals surface area (Å²) in [6, 6.07) is 5.40. The van der Waals surface area contributed by atoms with E-state index in [4.69, 9.17) is 7.85 Å². The summed E-state index contributed by atoms with van der Waals surface area (Å²) in [6.07, 6.45) is 0. The number of aryl methyl sites for hydroxylation is 1. The fourth-order valence-corrected chi connectivity index (χ4v) is 0.957. The number of nitrogens with one attached hydrogen (secondary N) is 1. The van der Waals surface area contributed by atoms with Gasteiger partial charge < -0.3 is 5.32 Å². The van der Waals surface area contributed by atoms with Crippen molar-refractivity contribution in [2.75, 3.05) is 5.32 Å². The Balaban J connectivity index is 2.89. The molecule has 0 aliphatic heterocycles. The van der Waals surface area contributed by atoms with Crippen LogP contribution in [0.5, 0.6) is 0 Å². The predicted octanol–water partition coefficient (Wildman–Crippen LogP) is 0.747. The van der Waals surface area contributed by atoms with Gasteiger partial charge in [0, 0.05) is 12.6 Å². The van der Waals surface area contributed by atoms with Gasteiger partial charge in [-0.1, -0.05) is 17.1 Å². The molecular weight excluding hydrogens is 149 g/mol. The van der Waals surface area contributed by atoms with Gasteiger partial charge in [0.1, 0.15) is 7.85 Å². The van der Waals surface area contributed by atoms with Crippen LogP contribution in [0.1, 0.15) is 12.5 Å². The van der Waals surface area contributed by atoms with Crippen molar-refractivity contribution in [2.45, 2.75) is 13.8 Å². The van der Waals surface area contributed by atoms with Crippen LogP contribution in [0.2, 0.25) is 0 Å². The van der Waals surface area contributed by atoms with Gasteiger partial charge in [0.15, 0.2) is 0 Å². The Morgan fingerprint density at radius 1 is 1.50 bits per heavy atom. The molecule has 3 heteroatoms. The van der Waals surface area contributed by atoms with Gasteiger partial charge in [-0.05, 0) is 19.1 Å². The molecule has 2 radical (unpaired) electrons. The molecule has 0 aromatic heterocycles. The first kappa shape index (κ1) is 8.85. The average molecular weight is 159 g/mol. The number of carbonyl (C=O) groups excluding carboxylic acids is 1. The number of hydrogen-bond donors (Lipinski definition) is 1. The maximum absolute atomic E-state index is 10.7. The van der Waals surface area contributed by atoms with Crippen LogP contribution in [-0.4, -0.2) is 13.8 Å². The molecule has 0 aliphatic rings. The molecule has 60 valence electrons. The third-order valence-corrected chi connectivity index (χ3v) is 1.59. The Hall–Kier alpha value is -1.25. The molecule has 2 nitrogen and oxygen atoms in total. The summed E-state index contributed by atoms with van der Waals surface area (Å²) >= 11 is 0. The highest BCUT2D eigenvalue weighted by molar-refractivity contribution is 6.33. The van der Waals surface area contributed by atoms with Crippen molar-refractivity contribution in [3.8, 4) is 0 Å². The standard InChI is InChI=1S/C9H10BNO/c1-6-5-8(11-7(2)12)3-4-9(6)10/h3-5H,1-2H3,(H,11,12). The molecule has 1 rings (SSSR count). The van der Waals surface area contributed by atoms with Crippen LogP contribution in [0, 0.1) is 6.92 Å². The van der Waals surface area contributed by atoms with E-state index in [9.17, 15) is 4.79 Å². The van der Waals surface area contributed by atoms with Crippen molar-refractivity contribution in [3.05, 3.63) is 23.8 Å². The number of rotatable bonds is 1. The van der Waals surface area contributed by atoms with E-state index in [1.165, 1.54) is 6.92 Å². The van der Waals surface area contributed by atoms with Crippen LogP contribution in [0.25, 0.3) is 0 Å². The number of carbonyl (C=O) groups is 1. The molecule has 1 aromatic carbocycles. The minimum atomic E-state index is -0.0702. The molecule has 0 bridgehead atoms. The van der Waals surface area contributed by atoms with E-state index in [1.807, 2.05) is 13.0 Å². The molecule has 12 heavy (non-hydrogen) atoms. The normalized spacial score (nSPS) is 9.50. The summed E-state index contributed by atoms with van der Waals surface area (Å²) in [6.45, 7) is 3.38. The van der Waals surface area contributed by atoms with Gasteiger partial charge in [0.25, 0.3) is 0 Å². The molecule has 1 amide bonds. The van der Waals surface area contributed by atoms with Crippen molar-refractivity contribution in [3.63, 3.8) is 0 Å². The molecule has 0 saturated carbocycles. The molecule has 0 spiro atoms. The Morgan fingerprint density at radius 2 is 2.17 bits per heavy atom. The van der Waals surface area contributed by atoms with Gasteiger partial charge in [0.2, 0.25) is 5.91 Å². The Labute approximate surface area is 73.4 Å². The number of hydrogen-bond acceptors (Lipinski definition) is 1. The molecule has 0 heterocycles. The first-order valence-electron chi connectivity index (χ1n) is 3.73. The Kier molecular flexibility index (Phi) is 2.53. The zero-order valence-corrected chi connectivity index (χ0v) is 7.22. The fraction of sp³-hybridized carbons (Fsp3) is 0.222. The molecule has 0 fully saturated rings. The van der Waals surface area contributed by atoms with E-state index >= 15 is 0 Å². The van der Waals surface area contributed by atoms with Crippen LogP contribution >= 0.6 is 0 Å². The minimum Gasteiger partial charge on any atom is -0.326 e. The number of benzene rings is 1. The molecule has 0 saturated heterocycles. The SMILES string of the molecule is [B]c1ccc(NC(C)=O)cc1C. The monoisotopic (exact) mass is 159 g/mol. The lowest BCUT2D eigenvalue weighted by molar-refractivity contribution is -0.114. The highest BCUT2D eigenvalue weighted by Crippen LogP contribution is 2.06. The smallest absolute Gasteiger partial charge is 0.221 e. The summed E-state index contributed by atoms with van der Waals surface area (Å²) in [5, 5.41) is 2.68. The molecular formula is C9H10BNO. The second-order valence-electron chi connectivity index (χ2n) is 2.75. The molecule has 1 N–H and O–H groups in total. The van der Waals surface area contributed by atoms with Gasteiger partial charge >= 0.3 is 0 Å². The van der Waals surface area contributed by atoms with Gasteiger partial charge in [-0.25, -0.2) is 0 Å². The molecule has 1 aromatic rings. The lowest BCUT2D eigenvalue weighted by Gasteiger charge is -2.04. The van der Waals surface area contributed by atoms with Crippen molar-refractivity contribution in [2.24, 2.45) is 0 Å². The summed E-state index contributed by atoms with van der Waals surface area (Å²) in [7, 11) is 5.61. The zero-order chi connectivity index (χ0) is 9.14. The molecule has 0 aliphatic carbocycles. The zero-order valence-electron chi connectivity index (χ0n) is 7.22. The maximum atomic E-state index is 10.7. The quantitative estimate of drug-likeness (QED) is 0.601. The van der Waals surface area contributed by atoms with Crippen molar-refractivity contribution < 1.29 is 4.79 Å². The van der Waals surface area contributed by atoms with Crippen LogP contribution < -0.4 is 10.8 Å². The summed E-state index contributed by atoms with van der Waals surface area (Å²) < 4.78 is 0. The third-order valence-electron chi connectivity index (χ3n) is 1.59. The van der Waals surface area contributed by atoms with Gasteiger partial charge in [0.05, 0.1) is 0 Å². The third kappa shape index (κ3) is 2.12. The lowest BCUT2D eigenvalue weighted by Crippen LogP contribution is -2.10. The predicted molar refractivity (Wildman–Crippen MR) is 50.9 cm³/mol. The second kappa shape index (κ2) is 3.43. The molecule has 0 unspecified atom stereocenters. The summed E-state index contributed by atoms with van der Waals surface area (Å²) in [4.78, 5) is 10.7. The van der Waals surface area contributed by atoms with Crippen molar-refractivity contribution >= 4 is 24.9 Å². The highest BCUT2D eigenvalue weighted by atomic mass is 16.1. The largest absolute Gasteiger partial charge is 0.326 e. The van der Waals surface area contributed by atoms with Crippen molar-refractivity contribution in [1.82, 2.24) is 0 Å². The fourth-order valence-electron chi connectivity index (χ4n) is 0.957. The van der Waals surface area contributed by atoms with Gasteiger partial charge in [-0.3, -0.25) is 4.79 Å². The van der Waals surface area contributed by atoms with Crippen LogP contribution in [0.15, 0.2) is 18.2 Å². The van der Waals surface area contributed by atoms with E-state index in [0.29, 0.717) is 0 Å². The van der Waals surface area contributed by atoms with Crippen LogP contribution in [0.3, 0.4) is 0 Å². The summed E-state index contributed by atoms with van der Waals surface area (Å²) in [5.41, 5.74) is 2.50. The Morgan fingerprint density at radius 3 is 2.67 bits per heavy atom. The minimum absolute atomic E-state index is 0.0702. The molecule has 0 atom stereocenters. The van der Waals surface area contributed by atoms with E-state index in [-0.39, 0.29) is 5.91 Å².